The van der Waals surface area contributed by atoms with Gasteiger partial charge in [0.05, 0.1) is 26.3 Å². The van der Waals surface area contributed by atoms with E-state index in [1.807, 2.05) is 30.3 Å². The lowest BCUT2D eigenvalue weighted by atomic mass is 10.0. The lowest BCUT2D eigenvalue weighted by molar-refractivity contribution is 0.0983. The maximum atomic E-state index is 13.6. The molecule has 0 aliphatic carbocycles. The Labute approximate surface area is 187 Å². The molecule has 4 rings (SSSR count). The van der Waals surface area contributed by atoms with E-state index in [0.717, 1.165) is 49.9 Å². The van der Waals surface area contributed by atoms with Crippen LogP contribution in [0.4, 0.5) is 4.39 Å². The average molecular weight is 441 g/mol. The summed E-state index contributed by atoms with van der Waals surface area (Å²) in [7, 11) is 3.36. The zero-order valence-electron chi connectivity index (χ0n) is 18.5. The monoisotopic (exact) mass is 440 g/mol. The largest absolute Gasteiger partial charge is 0.496 e. The van der Waals surface area contributed by atoms with Crippen molar-refractivity contribution < 1.29 is 13.9 Å². The molecule has 0 radical (unpaired) electrons. The summed E-state index contributed by atoms with van der Waals surface area (Å²) in [5.74, 6) is 1.40. The smallest absolute Gasteiger partial charge is 0.173 e. The molecular formula is C23H29FN6O2. The van der Waals surface area contributed by atoms with Gasteiger partial charge in [0, 0.05) is 45.4 Å². The van der Waals surface area contributed by atoms with Crippen molar-refractivity contribution in [1.82, 2.24) is 30.0 Å². The third kappa shape index (κ3) is 5.12. The van der Waals surface area contributed by atoms with Crippen LogP contribution in [0.5, 0.6) is 5.75 Å². The van der Waals surface area contributed by atoms with Gasteiger partial charge in [-0.15, -0.1) is 5.10 Å². The normalized spacial score (nSPS) is 16.2. The number of tetrazole rings is 1. The fourth-order valence-electron chi connectivity index (χ4n) is 4.17. The molecule has 2 heterocycles. The fourth-order valence-corrected chi connectivity index (χ4v) is 4.17. The van der Waals surface area contributed by atoms with Crippen LogP contribution < -0.4 is 4.74 Å². The van der Waals surface area contributed by atoms with Crippen LogP contribution in [0.3, 0.4) is 0 Å². The molecule has 1 aliphatic heterocycles. The van der Waals surface area contributed by atoms with Crippen molar-refractivity contribution >= 4 is 0 Å². The van der Waals surface area contributed by atoms with Gasteiger partial charge in [0.2, 0.25) is 0 Å². The minimum absolute atomic E-state index is 0.157. The maximum absolute atomic E-state index is 13.6. The van der Waals surface area contributed by atoms with Gasteiger partial charge in [-0.05, 0) is 34.2 Å². The van der Waals surface area contributed by atoms with E-state index in [-0.39, 0.29) is 11.9 Å². The molecule has 9 heteroatoms. The molecule has 0 saturated carbocycles. The number of aromatic nitrogens is 4. The summed E-state index contributed by atoms with van der Waals surface area (Å²) < 4.78 is 26.1. The van der Waals surface area contributed by atoms with Crippen molar-refractivity contribution in [3.63, 3.8) is 0 Å². The van der Waals surface area contributed by atoms with Gasteiger partial charge in [0.15, 0.2) is 5.82 Å². The molecular weight excluding hydrogens is 411 g/mol. The number of para-hydroxylation sites is 1. The van der Waals surface area contributed by atoms with Crippen molar-refractivity contribution in [1.29, 1.82) is 0 Å². The Bertz CT molecular complexity index is 988. The number of ether oxygens (including phenoxy) is 2. The summed E-state index contributed by atoms with van der Waals surface area (Å²) in [4.78, 5) is 4.78. The predicted molar refractivity (Wildman–Crippen MR) is 118 cm³/mol. The second-order valence-electron chi connectivity index (χ2n) is 7.83. The van der Waals surface area contributed by atoms with Crippen LogP contribution in [0.25, 0.3) is 0 Å². The molecule has 1 aliphatic rings. The van der Waals surface area contributed by atoms with Gasteiger partial charge in [0.25, 0.3) is 0 Å². The van der Waals surface area contributed by atoms with Crippen LogP contribution in [0.1, 0.15) is 23.0 Å². The van der Waals surface area contributed by atoms with Crippen LogP contribution in [0.15, 0.2) is 48.5 Å². The summed E-state index contributed by atoms with van der Waals surface area (Å²) in [5.41, 5.74) is 2.15. The van der Waals surface area contributed by atoms with Crippen LogP contribution in [0, 0.1) is 5.82 Å². The van der Waals surface area contributed by atoms with Crippen molar-refractivity contribution in [2.24, 2.45) is 0 Å². The molecule has 1 atom stereocenters. The van der Waals surface area contributed by atoms with Crippen molar-refractivity contribution in [2.45, 2.75) is 19.1 Å². The first-order chi connectivity index (χ1) is 15.7. The van der Waals surface area contributed by atoms with E-state index < -0.39 is 0 Å². The molecule has 3 aromatic rings. The molecule has 170 valence electrons. The quantitative estimate of drug-likeness (QED) is 0.506. The first kappa shape index (κ1) is 22.3. The molecule has 1 fully saturated rings. The van der Waals surface area contributed by atoms with E-state index in [1.54, 1.807) is 18.9 Å². The Kier molecular flexibility index (Phi) is 7.41. The van der Waals surface area contributed by atoms with Crippen molar-refractivity contribution in [3.05, 3.63) is 71.3 Å². The number of piperazine rings is 1. The molecule has 0 N–H and O–H groups in total. The van der Waals surface area contributed by atoms with Gasteiger partial charge >= 0.3 is 0 Å². The second-order valence-corrected chi connectivity index (χ2v) is 7.83. The second kappa shape index (κ2) is 10.6. The number of methoxy groups -OCH3 is 2. The third-order valence-electron chi connectivity index (χ3n) is 5.86. The van der Waals surface area contributed by atoms with E-state index in [4.69, 9.17) is 9.47 Å². The van der Waals surface area contributed by atoms with E-state index in [9.17, 15) is 4.39 Å². The molecule has 0 spiro atoms. The average Bonchev–Trinajstić information content (AvgIpc) is 3.28. The van der Waals surface area contributed by atoms with Gasteiger partial charge in [-0.3, -0.25) is 9.80 Å². The summed E-state index contributed by atoms with van der Waals surface area (Å²) in [6.45, 7) is 5.39. The minimum Gasteiger partial charge on any atom is -0.496 e. The van der Waals surface area contributed by atoms with Gasteiger partial charge in [-0.25, -0.2) is 9.07 Å². The zero-order valence-corrected chi connectivity index (χ0v) is 18.5. The Morgan fingerprint density at radius 1 is 1.00 bits per heavy atom. The zero-order chi connectivity index (χ0) is 22.3. The predicted octanol–water partition coefficient (Wildman–Crippen LogP) is 2.37. The van der Waals surface area contributed by atoms with E-state index in [0.29, 0.717) is 13.2 Å². The summed E-state index contributed by atoms with van der Waals surface area (Å²) >= 11 is 0. The van der Waals surface area contributed by atoms with Crippen LogP contribution in [0.2, 0.25) is 0 Å². The molecule has 0 bridgehead atoms. The first-order valence-corrected chi connectivity index (χ1v) is 10.8. The number of hydrogen-bond donors (Lipinski definition) is 0. The number of halogens is 1. The minimum atomic E-state index is -0.256. The highest BCUT2D eigenvalue weighted by Gasteiger charge is 2.30. The number of rotatable bonds is 9. The Morgan fingerprint density at radius 3 is 2.47 bits per heavy atom. The highest BCUT2D eigenvalue weighted by molar-refractivity contribution is 5.33. The molecule has 8 nitrogen and oxygen atoms in total. The lowest BCUT2D eigenvalue weighted by Gasteiger charge is -2.39. The molecule has 0 amide bonds. The van der Waals surface area contributed by atoms with Crippen LogP contribution in [-0.4, -0.2) is 77.0 Å². The lowest BCUT2D eigenvalue weighted by Crippen LogP contribution is -2.48. The highest BCUT2D eigenvalue weighted by atomic mass is 19.1. The molecule has 2 aromatic carbocycles. The molecule has 32 heavy (non-hydrogen) atoms. The Balaban J connectivity index is 1.52. The number of benzene rings is 2. The molecule has 1 saturated heterocycles. The van der Waals surface area contributed by atoms with Gasteiger partial charge < -0.3 is 9.47 Å². The highest BCUT2D eigenvalue weighted by Crippen LogP contribution is 2.29. The third-order valence-corrected chi connectivity index (χ3v) is 5.86. The van der Waals surface area contributed by atoms with E-state index in [1.165, 1.54) is 17.7 Å². The van der Waals surface area contributed by atoms with E-state index in [2.05, 4.69) is 31.4 Å². The van der Waals surface area contributed by atoms with Crippen LogP contribution >= 0.6 is 0 Å². The van der Waals surface area contributed by atoms with E-state index >= 15 is 0 Å². The summed E-state index contributed by atoms with van der Waals surface area (Å²) in [6, 6.07) is 14.6. The number of hydrogen-bond acceptors (Lipinski definition) is 7. The topological polar surface area (TPSA) is 68.5 Å². The standard InChI is InChI=1S/C23H29FN6O2/c1-31-16-15-30-23(25-26-27-30)22(18-7-9-20(24)10-8-18)29-13-11-28(12-14-29)17-19-5-3-4-6-21(19)32-2/h3-10,22H,11-17H2,1-2H3. The summed E-state index contributed by atoms with van der Waals surface area (Å²) in [6.07, 6.45) is 0. The Hall–Kier alpha value is -2.88. The SMILES string of the molecule is COCCn1nnnc1C(c1ccc(F)cc1)N1CCN(Cc2ccccc2OC)CC1. The maximum Gasteiger partial charge on any atom is 0.173 e. The van der Waals surface area contributed by atoms with Gasteiger partial charge in [0.1, 0.15) is 11.6 Å². The van der Waals surface area contributed by atoms with Crippen molar-refractivity contribution in [3.8, 4) is 5.75 Å². The van der Waals surface area contributed by atoms with Gasteiger partial charge in [-0.1, -0.05) is 30.3 Å². The van der Waals surface area contributed by atoms with Crippen LogP contribution in [-0.2, 0) is 17.8 Å². The fraction of sp³-hybridized carbons (Fsp3) is 0.435. The molecule has 1 aromatic heterocycles. The summed E-state index contributed by atoms with van der Waals surface area (Å²) in [5, 5.41) is 12.4. The molecule has 1 unspecified atom stereocenters. The van der Waals surface area contributed by atoms with Crippen molar-refractivity contribution in [2.75, 3.05) is 47.0 Å². The first-order valence-electron chi connectivity index (χ1n) is 10.8. The number of nitrogens with zero attached hydrogens (tertiary/aromatic N) is 6. The Morgan fingerprint density at radius 2 is 1.75 bits per heavy atom. The van der Waals surface area contributed by atoms with Gasteiger partial charge in [-0.2, -0.15) is 0 Å².